The van der Waals surface area contributed by atoms with Gasteiger partial charge in [0.25, 0.3) is 5.91 Å². The van der Waals surface area contributed by atoms with Crippen molar-refractivity contribution in [1.82, 2.24) is 29.9 Å². The van der Waals surface area contributed by atoms with Crippen LogP contribution in [0.4, 0.5) is 0 Å². The van der Waals surface area contributed by atoms with Crippen LogP contribution in [0.3, 0.4) is 0 Å². The maximum atomic E-state index is 12.6. The summed E-state index contributed by atoms with van der Waals surface area (Å²) in [7, 11) is 0. The first-order chi connectivity index (χ1) is 10.7. The van der Waals surface area contributed by atoms with Crippen molar-refractivity contribution in [2.45, 2.75) is 32.2 Å². The minimum atomic E-state index is -0.0394. The minimum Gasteiger partial charge on any atom is -0.476 e. The van der Waals surface area contributed by atoms with Gasteiger partial charge in [-0.05, 0) is 19.8 Å². The summed E-state index contributed by atoms with van der Waals surface area (Å²) in [5.41, 5.74) is 0.460. The highest BCUT2D eigenvalue weighted by molar-refractivity contribution is 5.92. The number of nitrogens with zero attached hydrogens (tertiary/aromatic N) is 5. The molecular formula is C14H18N6O2. The summed E-state index contributed by atoms with van der Waals surface area (Å²) in [6.45, 7) is 4.62. The molecule has 1 atom stereocenters. The van der Waals surface area contributed by atoms with Crippen LogP contribution in [0.1, 0.15) is 40.9 Å². The number of aromatic amines is 1. The van der Waals surface area contributed by atoms with Gasteiger partial charge in [0.15, 0.2) is 11.5 Å². The molecular weight excluding hydrogens is 284 g/mol. The van der Waals surface area contributed by atoms with Crippen molar-refractivity contribution >= 4 is 5.91 Å². The van der Waals surface area contributed by atoms with Gasteiger partial charge >= 0.3 is 0 Å². The van der Waals surface area contributed by atoms with Crippen molar-refractivity contribution in [2.75, 3.05) is 19.7 Å². The molecule has 8 heteroatoms. The molecule has 2 aliphatic heterocycles. The fourth-order valence-corrected chi connectivity index (χ4v) is 3.09. The van der Waals surface area contributed by atoms with E-state index in [1.807, 2.05) is 11.8 Å². The molecule has 2 aliphatic rings. The van der Waals surface area contributed by atoms with E-state index in [1.54, 1.807) is 10.7 Å². The van der Waals surface area contributed by atoms with Crippen molar-refractivity contribution in [2.24, 2.45) is 0 Å². The van der Waals surface area contributed by atoms with Crippen LogP contribution in [0.2, 0.25) is 0 Å². The van der Waals surface area contributed by atoms with E-state index in [4.69, 9.17) is 4.74 Å². The van der Waals surface area contributed by atoms with Crippen LogP contribution in [0, 0.1) is 6.92 Å². The molecule has 4 heterocycles. The maximum absolute atomic E-state index is 12.6. The number of ether oxygens (including phenoxy) is 1. The fraction of sp³-hybridized carbons (Fsp3) is 0.571. The van der Waals surface area contributed by atoms with E-state index in [-0.39, 0.29) is 11.8 Å². The molecule has 1 saturated heterocycles. The normalized spacial score (nSPS) is 20.8. The highest BCUT2D eigenvalue weighted by Crippen LogP contribution is 2.26. The number of nitrogens with one attached hydrogen (secondary N) is 1. The second-order valence-corrected chi connectivity index (χ2v) is 5.81. The van der Waals surface area contributed by atoms with Crippen molar-refractivity contribution in [1.29, 1.82) is 0 Å². The van der Waals surface area contributed by atoms with Crippen LogP contribution in [-0.2, 0) is 6.54 Å². The van der Waals surface area contributed by atoms with Gasteiger partial charge in [0.1, 0.15) is 12.4 Å². The third kappa shape index (κ3) is 2.24. The van der Waals surface area contributed by atoms with Gasteiger partial charge in [0.2, 0.25) is 5.88 Å². The van der Waals surface area contributed by atoms with Crippen molar-refractivity contribution < 1.29 is 9.53 Å². The molecule has 0 aliphatic carbocycles. The molecule has 1 unspecified atom stereocenters. The van der Waals surface area contributed by atoms with Gasteiger partial charge < -0.3 is 9.64 Å². The monoisotopic (exact) mass is 302 g/mol. The quantitative estimate of drug-likeness (QED) is 0.883. The second kappa shape index (κ2) is 5.11. The van der Waals surface area contributed by atoms with Crippen LogP contribution >= 0.6 is 0 Å². The Hall–Kier alpha value is -2.38. The Morgan fingerprint density at radius 2 is 2.36 bits per heavy atom. The average molecular weight is 302 g/mol. The van der Waals surface area contributed by atoms with Crippen LogP contribution in [-0.4, -0.2) is 55.5 Å². The number of likely N-dealkylation sites (tertiary alicyclic amines) is 1. The summed E-state index contributed by atoms with van der Waals surface area (Å²) in [4.78, 5) is 18.9. The standard InChI is InChI=1S/C14H18N6O2/c1-9-15-13(17-16-9)10-3-2-4-19(8-10)14(21)11-7-12-20(18-11)5-6-22-12/h7,10H,2-6,8H2,1H3,(H,15,16,17). The Bertz CT molecular complexity index is 685. The Labute approximate surface area is 127 Å². The molecule has 1 fully saturated rings. The number of hydrogen-bond acceptors (Lipinski definition) is 5. The predicted molar refractivity (Wildman–Crippen MR) is 76.7 cm³/mol. The topological polar surface area (TPSA) is 88.9 Å². The molecule has 0 saturated carbocycles. The van der Waals surface area contributed by atoms with Gasteiger partial charge in [-0.2, -0.15) is 10.2 Å². The SMILES string of the molecule is Cc1nc(C2CCCN(C(=O)c3cc4n(n3)CCO4)C2)n[nH]1. The van der Waals surface area contributed by atoms with E-state index in [9.17, 15) is 4.79 Å². The molecule has 2 aromatic rings. The predicted octanol–water partition coefficient (Wildman–Crippen LogP) is 0.722. The summed E-state index contributed by atoms with van der Waals surface area (Å²) in [6.07, 6.45) is 1.96. The number of rotatable bonds is 2. The summed E-state index contributed by atoms with van der Waals surface area (Å²) in [6, 6.07) is 1.73. The number of hydrogen-bond donors (Lipinski definition) is 1. The third-order valence-electron chi connectivity index (χ3n) is 4.20. The first kappa shape index (κ1) is 13.3. The van der Waals surface area contributed by atoms with Crippen LogP contribution in [0.5, 0.6) is 5.88 Å². The number of piperidine rings is 1. The lowest BCUT2D eigenvalue weighted by Crippen LogP contribution is -2.39. The number of fused-ring (bicyclic) bond motifs is 1. The zero-order valence-corrected chi connectivity index (χ0v) is 12.4. The van der Waals surface area contributed by atoms with Gasteiger partial charge in [0.05, 0.1) is 6.54 Å². The highest BCUT2D eigenvalue weighted by atomic mass is 16.5. The summed E-state index contributed by atoms with van der Waals surface area (Å²) in [5, 5.41) is 11.4. The molecule has 0 spiro atoms. The number of carbonyl (C=O) groups excluding carboxylic acids is 1. The Morgan fingerprint density at radius 3 is 3.14 bits per heavy atom. The molecule has 8 nitrogen and oxygen atoms in total. The number of H-pyrrole nitrogens is 1. The van der Waals surface area contributed by atoms with E-state index in [0.29, 0.717) is 31.3 Å². The molecule has 1 amide bonds. The molecule has 2 aromatic heterocycles. The van der Waals surface area contributed by atoms with Crippen LogP contribution < -0.4 is 4.74 Å². The lowest BCUT2D eigenvalue weighted by atomic mass is 9.97. The second-order valence-electron chi connectivity index (χ2n) is 5.81. The van der Waals surface area contributed by atoms with E-state index < -0.39 is 0 Å². The molecule has 0 radical (unpaired) electrons. The first-order valence-electron chi connectivity index (χ1n) is 7.59. The summed E-state index contributed by atoms with van der Waals surface area (Å²) in [5.74, 6) is 2.43. The first-order valence-corrected chi connectivity index (χ1v) is 7.59. The lowest BCUT2D eigenvalue weighted by Gasteiger charge is -2.30. The molecule has 116 valence electrons. The maximum Gasteiger partial charge on any atom is 0.274 e. The molecule has 0 aromatic carbocycles. The third-order valence-corrected chi connectivity index (χ3v) is 4.20. The average Bonchev–Trinajstić information content (AvgIpc) is 3.21. The van der Waals surface area contributed by atoms with E-state index in [0.717, 1.165) is 31.0 Å². The molecule has 22 heavy (non-hydrogen) atoms. The van der Waals surface area contributed by atoms with Crippen molar-refractivity contribution in [3.8, 4) is 5.88 Å². The van der Waals surface area contributed by atoms with Gasteiger partial charge in [-0.15, -0.1) is 0 Å². The highest BCUT2D eigenvalue weighted by Gasteiger charge is 2.30. The summed E-state index contributed by atoms with van der Waals surface area (Å²) >= 11 is 0. The number of amides is 1. The number of aromatic nitrogens is 5. The van der Waals surface area contributed by atoms with Crippen molar-refractivity contribution in [3.05, 3.63) is 23.4 Å². The zero-order valence-electron chi connectivity index (χ0n) is 12.4. The molecule has 4 rings (SSSR count). The van der Waals surface area contributed by atoms with Gasteiger partial charge in [0, 0.05) is 25.1 Å². The Morgan fingerprint density at radius 1 is 1.45 bits per heavy atom. The van der Waals surface area contributed by atoms with Crippen molar-refractivity contribution in [3.63, 3.8) is 0 Å². The Balaban J connectivity index is 1.50. The largest absolute Gasteiger partial charge is 0.476 e. The van der Waals surface area contributed by atoms with Gasteiger partial charge in [-0.3, -0.25) is 9.89 Å². The van der Waals surface area contributed by atoms with E-state index >= 15 is 0 Å². The Kier molecular flexibility index (Phi) is 3.09. The van der Waals surface area contributed by atoms with E-state index in [1.165, 1.54) is 0 Å². The molecule has 0 bridgehead atoms. The van der Waals surface area contributed by atoms with Crippen LogP contribution in [0.15, 0.2) is 6.07 Å². The summed E-state index contributed by atoms with van der Waals surface area (Å²) < 4.78 is 7.16. The minimum absolute atomic E-state index is 0.0394. The smallest absolute Gasteiger partial charge is 0.274 e. The zero-order chi connectivity index (χ0) is 15.1. The van der Waals surface area contributed by atoms with Gasteiger partial charge in [-0.1, -0.05) is 0 Å². The fourth-order valence-electron chi connectivity index (χ4n) is 3.09. The number of carbonyl (C=O) groups is 1. The van der Waals surface area contributed by atoms with E-state index in [2.05, 4.69) is 20.3 Å². The molecule has 1 N–H and O–H groups in total. The number of aryl methyl sites for hydroxylation is 1. The van der Waals surface area contributed by atoms with Gasteiger partial charge in [-0.25, -0.2) is 9.67 Å². The van der Waals surface area contributed by atoms with Crippen LogP contribution in [0.25, 0.3) is 0 Å². The lowest BCUT2D eigenvalue weighted by molar-refractivity contribution is 0.0697.